The van der Waals surface area contributed by atoms with Crippen LogP contribution in [0.3, 0.4) is 0 Å². The van der Waals surface area contributed by atoms with Crippen molar-refractivity contribution in [1.29, 1.82) is 0 Å². The summed E-state index contributed by atoms with van der Waals surface area (Å²) in [5, 5.41) is 10.8. The number of benzene rings is 1. The van der Waals surface area contributed by atoms with Crippen LogP contribution in [0.2, 0.25) is 0 Å². The average Bonchev–Trinajstić information content (AvgIpc) is 3.03. The van der Waals surface area contributed by atoms with E-state index in [-0.39, 0.29) is 30.1 Å². The second-order valence-electron chi connectivity index (χ2n) is 6.48. The van der Waals surface area contributed by atoms with Gasteiger partial charge in [-0.25, -0.2) is 9.78 Å². The lowest BCUT2D eigenvalue weighted by Crippen LogP contribution is -2.30. The molecule has 154 valence electrons. The van der Waals surface area contributed by atoms with Gasteiger partial charge >= 0.3 is 5.69 Å². The van der Waals surface area contributed by atoms with Crippen molar-refractivity contribution in [1.82, 2.24) is 19.1 Å². The molecule has 0 bridgehead atoms. The molecular formula is C18H21N5O5S. The number of carbonyl (C=O) groups is 1. The molecule has 0 unspecified atom stereocenters. The zero-order chi connectivity index (χ0) is 21.1. The largest absolute Gasteiger partial charge is 0.491 e. The van der Waals surface area contributed by atoms with E-state index < -0.39 is 23.3 Å². The number of aliphatic hydroxyl groups is 1. The SMILES string of the molecule is Cc1ccccc1OC[C@@H](O)Cn1c(SCC(N)=O)nc2c1c(=O)[nH]c(=O)n2C. The number of carbonyl (C=O) groups excluding carboxylic acids is 1. The molecule has 4 N–H and O–H groups in total. The van der Waals surface area contributed by atoms with Gasteiger partial charge in [0.2, 0.25) is 5.91 Å². The number of nitrogens with zero attached hydrogens (tertiary/aromatic N) is 3. The van der Waals surface area contributed by atoms with E-state index in [2.05, 4.69) is 9.97 Å². The molecule has 0 saturated heterocycles. The van der Waals surface area contributed by atoms with Gasteiger partial charge < -0.3 is 20.1 Å². The smallest absolute Gasteiger partial charge is 0.329 e. The first-order valence-electron chi connectivity index (χ1n) is 8.75. The van der Waals surface area contributed by atoms with Gasteiger partial charge in [-0.2, -0.15) is 0 Å². The number of fused-ring (bicyclic) bond motifs is 1. The Morgan fingerprint density at radius 1 is 1.38 bits per heavy atom. The van der Waals surface area contributed by atoms with E-state index in [4.69, 9.17) is 10.5 Å². The number of nitrogens with one attached hydrogen (secondary N) is 1. The zero-order valence-corrected chi connectivity index (χ0v) is 16.7. The first-order chi connectivity index (χ1) is 13.8. The number of ether oxygens (including phenoxy) is 1. The van der Waals surface area contributed by atoms with Gasteiger partial charge in [0.15, 0.2) is 16.3 Å². The highest BCUT2D eigenvalue weighted by Gasteiger charge is 2.20. The molecule has 29 heavy (non-hydrogen) atoms. The molecule has 0 aliphatic carbocycles. The van der Waals surface area contributed by atoms with Crippen molar-refractivity contribution in [3.05, 3.63) is 50.7 Å². The second-order valence-corrected chi connectivity index (χ2v) is 7.42. The first kappa shape index (κ1) is 20.7. The molecule has 0 spiro atoms. The molecule has 1 atom stereocenters. The Balaban J connectivity index is 1.91. The predicted molar refractivity (Wildman–Crippen MR) is 108 cm³/mol. The highest BCUT2D eigenvalue weighted by molar-refractivity contribution is 7.99. The normalized spacial score (nSPS) is 12.2. The zero-order valence-electron chi connectivity index (χ0n) is 15.9. The van der Waals surface area contributed by atoms with E-state index in [9.17, 15) is 19.5 Å². The fourth-order valence-corrected chi connectivity index (χ4v) is 3.54. The van der Waals surface area contributed by atoms with Crippen molar-refractivity contribution < 1.29 is 14.6 Å². The number of para-hydroxylation sites is 1. The van der Waals surface area contributed by atoms with Crippen molar-refractivity contribution in [2.24, 2.45) is 12.8 Å². The van der Waals surface area contributed by atoms with Crippen molar-refractivity contribution in [3.8, 4) is 5.75 Å². The number of thioether (sulfide) groups is 1. The predicted octanol–water partition coefficient (Wildman–Crippen LogP) is -0.251. The molecular weight excluding hydrogens is 398 g/mol. The molecule has 0 fully saturated rings. The molecule has 2 aromatic heterocycles. The summed E-state index contributed by atoms with van der Waals surface area (Å²) in [6.45, 7) is 1.85. The Labute approximate surface area is 169 Å². The number of hydrogen-bond donors (Lipinski definition) is 3. The lowest BCUT2D eigenvalue weighted by atomic mass is 10.2. The lowest BCUT2D eigenvalue weighted by molar-refractivity contribution is -0.115. The fourth-order valence-electron chi connectivity index (χ4n) is 2.80. The summed E-state index contributed by atoms with van der Waals surface area (Å²) >= 11 is 1.02. The molecule has 0 aliphatic heterocycles. The highest BCUT2D eigenvalue weighted by Crippen LogP contribution is 2.22. The number of aryl methyl sites for hydroxylation is 2. The van der Waals surface area contributed by atoms with E-state index in [1.807, 2.05) is 25.1 Å². The van der Waals surface area contributed by atoms with Gasteiger partial charge in [0, 0.05) is 7.05 Å². The monoisotopic (exact) mass is 419 g/mol. The number of amides is 1. The molecule has 3 aromatic rings. The second kappa shape index (κ2) is 8.53. The van der Waals surface area contributed by atoms with Crippen LogP contribution in [0.4, 0.5) is 0 Å². The van der Waals surface area contributed by atoms with E-state index in [0.717, 1.165) is 17.3 Å². The Bertz CT molecular complexity index is 1170. The number of imidazole rings is 1. The lowest BCUT2D eigenvalue weighted by Gasteiger charge is -2.16. The van der Waals surface area contributed by atoms with Crippen LogP contribution in [0, 0.1) is 6.92 Å². The van der Waals surface area contributed by atoms with Gasteiger partial charge in [-0.15, -0.1) is 0 Å². The van der Waals surface area contributed by atoms with Crippen molar-refractivity contribution in [2.45, 2.75) is 24.7 Å². The number of rotatable bonds is 8. The number of nitrogens with two attached hydrogens (primary N) is 1. The number of aromatic amines is 1. The Kier molecular flexibility index (Phi) is 6.09. The molecule has 0 radical (unpaired) electrons. The topological polar surface area (TPSA) is 145 Å². The minimum absolute atomic E-state index is 0.0197. The summed E-state index contributed by atoms with van der Waals surface area (Å²) in [6, 6.07) is 7.40. The van der Waals surface area contributed by atoms with Crippen LogP contribution in [-0.4, -0.2) is 48.6 Å². The van der Waals surface area contributed by atoms with Gasteiger partial charge in [-0.3, -0.25) is 19.1 Å². The van der Waals surface area contributed by atoms with Crippen LogP contribution in [0.15, 0.2) is 39.0 Å². The average molecular weight is 419 g/mol. The van der Waals surface area contributed by atoms with Gasteiger partial charge in [0.05, 0.1) is 12.3 Å². The number of hydrogen-bond acceptors (Lipinski definition) is 7. The molecule has 10 nitrogen and oxygen atoms in total. The van der Waals surface area contributed by atoms with E-state index >= 15 is 0 Å². The molecule has 2 heterocycles. The van der Waals surface area contributed by atoms with E-state index in [1.54, 1.807) is 6.07 Å². The van der Waals surface area contributed by atoms with Crippen LogP contribution in [-0.2, 0) is 18.4 Å². The summed E-state index contributed by atoms with van der Waals surface area (Å²) < 4.78 is 8.32. The molecule has 0 aliphatic rings. The third kappa shape index (κ3) is 4.51. The van der Waals surface area contributed by atoms with E-state index in [0.29, 0.717) is 10.9 Å². The van der Waals surface area contributed by atoms with Crippen molar-refractivity contribution in [2.75, 3.05) is 12.4 Å². The van der Waals surface area contributed by atoms with Gasteiger partial charge in [-0.1, -0.05) is 30.0 Å². The van der Waals surface area contributed by atoms with Gasteiger partial charge in [0.1, 0.15) is 18.5 Å². The number of aromatic nitrogens is 4. The third-order valence-electron chi connectivity index (χ3n) is 4.23. The molecule has 1 aromatic carbocycles. The maximum atomic E-state index is 12.4. The summed E-state index contributed by atoms with van der Waals surface area (Å²) in [5.74, 6) is 0.0239. The maximum absolute atomic E-state index is 12.4. The molecule has 1 amide bonds. The minimum Gasteiger partial charge on any atom is -0.491 e. The summed E-state index contributed by atoms with van der Waals surface area (Å²) in [5.41, 5.74) is 5.16. The number of aliphatic hydroxyl groups excluding tert-OH is 1. The number of H-pyrrole nitrogens is 1. The Hall–Kier alpha value is -3.05. The van der Waals surface area contributed by atoms with Crippen LogP contribution >= 0.6 is 11.8 Å². The summed E-state index contributed by atoms with van der Waals surface area (Å²) in [7, 11) is 1.47. The maximum Gasteiger partial charge on any atom is 0.329 e. The van der Waals surface area contributed by atoms with Crippen molar-refractivity contribution in [3.63, 3.8) is 0 Å². The number of primary amides is 1. The van der Waals surface area contributed by atoms with Crippen LogP contribution in [0.25, 0.3) is 11.2 Å². The molecule has 3 rings (SSSR count). The standard InChI is InChI=1S/C18H21N5O5S/c1-10-5-3-4-6-12(10)28-8-11(24)7-23-14-15(20-18(23)29-9-13(19)25)22(2)17(27)21-16(14)26/h3-6,11,24H,7-9H2,1-2H3,(H2,19,25)(H,21,26,27)/t11-/m0/s1. The van der Waals surface area contributed by atoms with Gasteiger partial charge in [0.25, 0.3) is 5.56 Å². The highest BCUT2D eigenvalue weighted by atomic mass is 32.2. The van der Waals surface area contributed by atoms with Gasteiger partial charge in [-0.05, 0) is 18.6 Å². The fraction of sp³-hybridized carbons (Fsp3) is 0.333. The van der Waals surface area contributed by atoms with Crippen LogP contribution in [0.5, 0.6) is 5.75 Å². The molecule has 11 heteroatoms. The molecule has 0 saturated carbocycles. The summed E-state index contributed by atoms with van der Waals surface area (Å²) in [4.78, 5) is 41.9. The Morgan fingerprint density at radius 2 is 2.10 bits per heavy atom. The quantitative estimate of drug-likeness (QED) is 0.427. The Morgan fingerprint density at radius 3 is 2.79 bits per heavy atom. The van der Waals surface area contributed by atoms with Crippen LogP contribution in [0.1, 0.15) is 5.56 Å². The van der Waals surface area contributed by atoms with Crippen LogP contribution < -0.4 is 21.7 Å². The summed E-state index contributed by atoms with van der Waals surface area (Å²) in [6.07, 6.45) is -0.975. The minimum atomic E-state index is -0.975. The first-order valence-corrected chi connectivity index (χ1v) is 9.73. The van der Waals surface area contributed by atoms with Crippen molar-refractivity contribution >= 4 is 28.8 Å². The third-order valence-corrected chi connectivity index (χ3v) is 5.23. The van der Waals surface area contributed by atoms with E-state index in [1.165, 1.54) is 16.2 Å².